The molecule has 1 unspecified atom stereocenters. The van der Waals surface area contributed by atoms with Crippen LogP contribution in [0.25, 0.3) is 0 Å². The van der Waals surface area contributed by atoms with E-state index in [4.69, 9.17) is 0 Å². The van der Waals surface area contributed by atoms with Gasteiger partial charge in [-0.15, -0.1) is 0 Å². The van der Waals surface area contributed by atoms with Crippen LogP contribution >= 0.6 is 0 Å². The molecule has 2 amide bonds. The fraction of sp³-hybridized carbons (Fsp3) is 0.364. The van der Waals surface area contributed by atoms with Gasteiger partial charge in [-0.3, -0.25) is 9.59 Å². The Labute approximate surface area is 156 Å². The molecule has 4 heteroatoms. The number of amides is 2. The first-order valence-electron chi connectivity index (χ1n) is 9.13. The SMILES string of the molecule is CC(=O)N(Cc1ccccc1)C(C(=O)NCCC(C)C)c1ccccc1. The quantitative estimate of drug-likeness (QED) is 0.782. The van der Waals surface area contributed by atoms with Crippen LogP contribution in [0.5, 0.6) is 0 Å². The average molecular weight is 352 g/mol. The Morgan fingerprint density at radius 1 is 0.962 bits per heavy atom. The zero-order valence-electron chi connectivity index (χ0n) is 15.8. The van der Waals surface area contributed by atoms with Gasteiger partial charge in [-0.05, 0) is 23.5 Å². The first-order valence-corrected chi connectivity index (χ1v) is 9.13. The van der Waals surface area contributed by atoms with E-state index in [1.807, 2.05) is 60.7 Å². The molecule has 0 aliphatic carbocycles. The number of carbonyl (C=O) groups excluding carboxylic acids is 2. The van der Waals surface area contributed by atoms with Crippen LogP contribution in [0, 0.1) is 5.92 Å². The van der Waals surface area contributed by atoms with Crippen LogP contribution in [0.15, 0.2) is 60.7 Å². The summed E-state index contributed by atoms with van der Waals surface area (Å²) in [6.07, 6.45) is 0.909. The molecule has 0 fully saturated rings. The van der Waals surface area contributed by atoms with Gasteiger partial charge in [0.2, 0.25) is 11.8 Å². The second-order valence-corrected chi connectivity index (χ2v) is 6.92. The van der Waals surface area contributed by atoms with Gasteiger partial charge in [-0.25, -0.2) is 0 Å². The molecule has 0 aromatic heterocycles. The van der Waals surface area contributed by atoms with Crippen LogP contribution in [-0.4, -0.2) is 23.3 Å². The van der Waals surface area contributed by atoms with Crippen LogP contribution < -0.4 is 5.32 Å². The number of carbonyl (C=O) groups is 2. The summed E-state index contributed by atoms with van der Waals surface area (Å²) in [5, 5.41) is 3.00. The minimum atomic E-state index is -0.638. The van der Waals surface area contributed by atoms with Crippen molar-refractivity contribution in [2.45, 2.75) is 39.8 Å². The van der Waals surface area contributed by atoms with Crippen molar-refractivity contribution in [3.63, 3.8) is 0 Å². The molecule has 0 spiro atoms. The highest BCUT2D eigenvalue weighted by Crippen LogP contribution is 2.23. The largest absolute Gasteiger partial charge is 0.354 e. The third kappa shape index (κ3) is 5.73. The van der Waals surface area contributed by atoms with E-state index in [1.54, 1.807) is 4.90 Å². The molecule has 0 saturated heterocycles. The summed E-state index contributed by atoms with van der Waals surface area (Å²) in [4.78, 5) is 27.0. The predicted octanol–water partition coefficient (Wildman–Crippen LogP) is 3.94. The van der Waals surface area contributed by atoms with Crippen molar-refractivity contribution in [2.75, 3.05) is 6.54 Å². The average Bonchev–Trinajstić information content (AvgIpc) is 2.62. The molecule has 0 radical (unpaired) electrons. The van der Waals surface area contributed by atoms with Gasteiger partial charge >= 0.3 is 0 Å². The maximum absolute atomic E-state index is 13.0. The molecule has 0 bridgehead atoms. The van der Waals surface area contributed by atoms with Gasteiger partial charge in [-0.1, -0.05) is 74.5 Å². The normalized spacial score (nSPS) is 11.8. The molecule has 138 valence electrons. The predicted molar refractivity (Wildman–Crippen MR) is 104 cm³/mol. The summed E-state index contributed by atoms with van der Waals surface area (Å²) >= 11 is 0. The Hall–Kier alpha value is -2.62. The van der Waals surface area contributed by atoms with Crippen molar-refractivity contribution in [3.8, 4) is 0 Å². The zero-order chi connectivity index (χ0) is 18.9. The Morgan fingerprint density at radius 2 is 1.54 bits per heavy atom. The molecule has 0 heterocycles. The van der Waals surface area contributed by atoms with E-state index in [0.29, 0.717) is 19.0 Å². The molecule has 0 saturated carbocycles. The van der Waals surface area contributed by atoms with Crippen molar-refractivity contribution < 1.29 is 9.59 Å². The van der Waals surface area contributed by atoms with Gasteiger partial charge in [0.05, 0.1) is 0 Å². The van der Waals surface area contributed by atoms with E-state index in [9.17, 15) is 9.59 Å². The van der Waals surface area contributed by atoms with Crippen molar-refractivity contribution in [3.05, 3.63) is 71.8 Å². The third-order valence-electron chi connectivity index (χ3n) is 4.30. The van der Waals surface area contributed by atoms with Crippen LogP contribution in [0.1, 0.15) is 44.4 Å². The summed E-state index contributed by atoms with van der Waals surface area (Å²) in [6, 6.07) is 18.6. The lowest BCUT2D eigenvalue weighted by Gasteiger charge is -2.30. The lowest BCUT2D eigenvalue weighted by atomic mass is 10.0. The summed E-state index contributed by atoms with van der Waals surface area (Å²) < 4.78 is 0. The van der Waals surface area contributed by atoms with Gasteiger partial charge in [0.25, 0.3) is 0 Å². The number of hydrogen-bond donors (Lipinski definition) is 1. The van der Waals surface area contributed by atoms with E-state index < -0.39 is 6.04 Å². The molecule has 2 rings (SSSR count). The maximum atomic E-state index is 13.0. The minimum Gasteiger partial charge on any atom is -0.354 e. The van der Waals surface area contributed by atoms with Crippen molar-refractivity contribution in [2.24, 2.45) is 5.92 Å². The molecular formula is C22H28N2O2. The first kappa shape index (κ1) is 19.7. The molecule has 0 aliphatic heterocycles. The Bertz CT molecular complexity index is 699. The first-order chi connectivity index (χ1) is 12.5. The molecular weight excluding hydrogens is 324 g/mol. The van der Waals surface area contributed by atoms with Gasteiger partial charge in [0.15, 0.2) is 0 Å². The number of benzene rings is 2. The number of hydrogen-bond acceptors (Lipinski definition) is 2. The number of nitrogens with one attached hydrogen (secondary N) is 1. The fourth-order valence-corrected chi connectivity index (χ4v) is 2.85. The van der Waals surface area contributed by atoms with Gasteiger partial charge < -0.3 is 10.2 Å². The second kappa shape index (κ2) is 9.76. The molecule has 1 N–H and O–H groups in total. The fourth-order valence-electron chi connectivity index (χ4n) is 2.85. The van der Waals surface area contributed by atoms with Crippen molar-refractivity contribution in [1.29, 1.82) is 0 Å². The Morgan fingerprint density at radius 3 is 2.08 bits per heavy atom. The standard InChI is InChI=1S/C22H28N2O2/c1-17(2)14-15-23-22(26)21(20-12-8-5-9-13-20)24(18(3)25)16-19-10-6-4-7-11-19/h4-13,17,21H,14-16H2,1-3H3,(H,23,26). The summed E-state index contributed by atoms with van der Waals surface area (Å²) in [5.41, 5.74) is 1.82. The van der Waals surface area contributed by atoms with E-state index in [2.05, 4.69) is 19.2 Å². The van der Waals surface area contributed by atoms with Crippen LogP contribution in [0.4, 0.5) is 0 Å². The molecule has 26 heavy (non-hydrogen) atoms. The topological polar surface area (TPSA) is 49.4 Å². The third-order valence-corrected chi connectivity index (χ3v) is 4.30. The lowest BCUT2D eigenvalue weighted by Crippen LogP contribution is -2.43. The highest BCUT2D eigenvalue weighted by atomic mass is 16.2. The summed E-state index contributed by atoms with van der Waals surface area (Å²) in [7, 11) is 0. The van der Waals surface area contributed by atoms with E-state index >= 15 is 0 Å². The smallest absolute Gasteiger partial charge is 0.247 e. The van der Waals surface area contributed by atoms with Gasteiger partial charge in [-0.2, -0.15) is 0 Å². The number of rotatable bonds is 8. The van der Waals surface area contributed by atoms with Crippen LogP contribution in [0.2, 0.25) is 0 Å². The molecule has 4 nitrogen and oxygen atoms in total. The van der Waals surface area contributed by atoms with E-state index in [1.165, 1.54) is 6.92 Å². The highest BCUT2D eigenvalue weighted by Gasteiger charge is 2.29. The molecule has 2 aromatic rings. The van der Waals surface area contributed by atoms with Crippen molar-refractivity contribution >= 4 is 11.8 Å². The number of nitrogens with zero attached hydrogens (tertiary/aromatic N) is 1. The van der Waals surface area contributed by atoms with Crippen molar-refractivity contribution in [1.82, 2.24) is 10.2 Å². The molecule has 0 aliphatic rings. The minimum absolute atomic E-state index is 0.123. The highest BCUT2D eigenvalue weighted by molar-refractivity contribution is 5.88. The molecule has 1 atom stereocenters. The second-order valence-electron chi connectivity index (χ2n) is 6.92. The lowest BCUT2D eigenvalue weighted by molar-refractivity contribution is -0.140. The Kier molecular flexibility index (Phi) is 7.39. The summed E-state index contributed by atoms with van der Waals surface area (Å²) in [5.74, 6) is 0.253. The zero-order valence-corrected chi connectivity index (χ0v) is 15.8. The van der Waals surface area contributed by atoms with Crippen LogP contribution in [0.3, 0.4) is 0 Å². The van der Waals surface area contributed by atoms with Crippen LogP contribution in [-0.2, 0) is 16.1 Å². The Balaban J connectivity index is 2.27. The van der Waals surface area contributed by atoms with E-state index in [0.717, 1.165) is 17.5 Å². The van der Waals surface area contributed by atoms with E-state index in [-0.39, 0.29) is 11.8 Å². The van der Waals surface area contributed by atoms with Gasteiger partial charge in [0.1, 0.15) is 6.04 Å². The molecule has 2 aromatic carbocycles. The monoisotopic (exact) mass is 352 g/mol. The van der Waals surface area contributed by atoms with Gasteiger partial charge in [0, 0.05) is 20.0 Å². The summed E-state index contributed by atoms with van der Waals surface area (Å²) in [6.45, 7) is 6.76. The maximum Gasteiger partial charge on any atom is 0.247 e.